The van der Waals surface area contributed by atoms with Crippen molar-refractivity contribution in [1.82, 2.24) is 9.80 Å². The maximum Gasteiger partial charge on any atom is 0.233 e. The molecular formula is C23H24FN3O2. The maximum atomic E-state index is 13.3. The normalized spacial score (nSPS) is 19.3. The lowest BCUT2D eigenvalue weighted by atomic mass is 9.94. The van der Waals surface area contributed by atoms with E-state index in [0.717, 1.165) is 29.7 Å². The van der Waals surface area contributed by atoms with Gasteiger partial charge in [-0.1, -0.05) is 24.3 Å². The summed E-state index contributed by atoms with van der Waals surface area (Å²) >= 11 is 0. The van der Waals surface area contributed by atoms with Crippen LogP contribution in [0.15, 0.2) is 48.5 Å². The molecule has 2 aromatic rings. The van der Waals surface area contributed by atoms with E-state index in [-0.39, 0.29) is 17.8 Å². The van der Waals surface area contributed by atoms with Gasteiger partial charge in [0.1, 0.15) is 17.6 Å². The lowest BCUT2D eigenvalue weighted by Gasteiger charge is -2.38. The van der Waals surface area contributed by atoms with Gasteiger partial charge in [0.2, 0.25) is 5.91 Å². The fourth-order valence-corrected chi connectivity index (χ4v) is 4.16. The fraction of sp³-hybridized carbons (Fsp3) is 0.391. The summed E-state index contributed by atoms with van der Waals surface area (Å²) in [6, 6.07) is 15.9. The number of hydrogen-bond donors (Lipinski definition) is 0. The van der Waals surface area contributed by atoms with Gasteiger partial charge in [-0.05, 0) is 48.2 Å². The summed E-state index contributed by atoms with van der Waals surface area (Å²) in [4.78, 5) is 17.2. The van der Waals surface area contributed by atoms with Crippen LogP contribution in [0.2, 0.25) is 0 Å². The van der Waals surface area contributed by atoms with E-state index in [0.29, 0.717) is 26.2 Å². The number of hydrogen-bond acceptors (Lipinski definition) is 4. The summed E-state index contributed by atoms with van der Waals surface area (Å²) in [5, 5.41) is 9.71. The first-order valence-electron chi connectivity index (χ1n) is 9.90. The van der Waals surface area contributed by atoms with Gasteiger partial charge in [0, 0.05) is 26.2 Å². The average Bonchev–Trinajstić information content (AvgIpc) is 3.57. The summed E-state index contributed by atoms with van der Waals surface area (Å²) in [7, 11) is 1.62. The third-order valence-corrected chi connectivity index (χ3v) is 6.08. The van der Waals surface area contributed by atoms with Crippen LogP contribution in [0, 0.1) is 17.1 Å². The van der Waals surface area contributed by atoms with Crippen LogP contribution in [-0.4, -0.2) is 49.0 Å². The van der Waals surface area contributed by atoms with Gasteiger partial charge >= 0.3 is 0 Å². The molecule has 1 aliphatic carbocycles. The van der Waals surface area contributed by atoms with Gasteiger partial charge in [0.15, 0.2) is 0 Å². The minimum Gasteiger partial charge on any atom is -0.497 e. The van der Waals surface area contributed by atoms with Crippen LogP contribution >= 0.6 is 0 Å². The number of amides is 1. The number of rotatable bonds is 5. The van der Waals surface area contributed by atoms with Crippen LogP contribution in [-0.2, 0) is 10.2 Å². The van der Waals surface area contributed by atoms with E-state index < -0.39 is 5.41 Å². The van der Waals surface area contributed by atoms with Crippen molar-refractivity contribution >= 4 is 5.91 Å². The second kappa shape index (κ2) is 7.84. The van der Waals surface area contributed by atoms with E-state index in [1.807, 2.05) is 29.2 Å². The molecule has 1 aliphatic heterocycles. The van der Waals surface area contributed by atoms with Crippen molar-refractivity contribution in [2.75, 3.05) is 33.3 Å². The lowest BCUT2D eigenvalue weighted by Crippen LogP contribution is -2.52. The summed E-state index contributed by atoms with van der Waals surface area (Å²) in [6.07, 6.45) is 1.62. The molecule has 1 saturated carbocycles. The zero-order valence-corrected chi connectivity index (χ0v) is 16.5. The van der Waals surface area contributed by atoms with Gasteiger partial charge in [-0.2, -0.15) is 5.26 Å². The molecule has 1 unspecified atom stereocenters. The number of piperazine rings is 1. The fourth-order valence-electron chi connectivity index (χ4n) is 4.16. The molecule has 0 aromatic heterocycles. The van der Waals surface area contributed by atoms with Crippen LogP contribution in [0.3, 0.4) is 0 Å². The zero-order chi connectivity index (χ0) is 20.4. The van der Waals surface area contributed by atoms with Crippen LogP contribution in [0.25, 0.3) is 0 Å². The standard InChI is InChI=1S/C23H24FN3O2/c1-29-20-8-2-17(3-9-20)21(16-25)26-12-14-27(15-13-26)22(28)23(10-11-23)18-4-6-19(24)7-5-18/h2-9,21H,10-15H2,1H3. The molecule has 2 aromatic carbocycles. The Kier molecular flexibility index (Phi) is 5.25. The molecule has 0 bridgehead atoms. The molecule has 1 saturated heterocycles. The minimum atomic E-state index is -0.486. The molecule has 5 nitrogen and oxygen atoms in total. The van der Waals surface area contributed by atoms with E-state index in [9.17, 15) is 14.4 Å². The van der Waals surface area contributed by atoms with Gasteiger partial charge in [-0.3, -0.25) is 9.69 Å². The first kappa shape index (κ1) is 19.4. The summed E-state index contributed by atoms with van der Waals surface area (Å²) in [5.74, 6) is 0.602. The molecule has 150 valence electrons. The van der Waals surface area contributed by atoms with E-state index in [1.54, 1.807) is 19.2 Å². The highest BCUT2D eigenvalue weighted by Crippen LogP contribution is 2.49. The van der Waals surface area contributed by atoms with Gasteiger partial charge in [0.25, 0.3) is 0 Å². The smallest absolute Gasteiger partial charge is 0.233 e. The first-order valence-corrected chi connectivity index (χ1v) is 9.90. The Morgan fingerprint density at radius 3 is 2.21 bits per heavy atom. The number of ether oxygens (including phenoxy) is 1. The van der Waals surface area contributed by atoms with Crippen LogP contribution < -0.4 is 4.74 Å². The maximum absolute atomic E-state index is 13.3. The molecule has 1 amide bonds. The topological polar surface area (TPSA) is 56.6 Å². The van der Waals surface area contributed by atoms with Crippen molar-refractivity contribution in [3.8, 4) is 11.8 Å². The van der Waals surface area contributed by atoms with Crippen molar-refractivity contribution in [3.05, 3.63) is 65.5 Å². The molecule has 2 aliphatic rings. The number of carbonyl (C=O) groups excluding carboxylic acids is 1. The number of nitriles is 1. The first-order chi connectivity index (χ1) is 14.1. The Hall–Kier alpha value is -2.91. The van der Waals surface area contributed by atoms with Crippen LogP contribution in [0.4, 0.5) is 4.39 Å². The second-order valence-electron chi connectivity index (χ2n) is 7.72. The molecule has 0 spiro atoms. The largest absolute Gasteiger partial charge is 0.497 e. The van der Waals surface area contributed by atoms with E-state index >= 15 is 0 Å². The third-order valence-electron chi connectivity index (χ3n) is 6.08. The van der Waals surface area contributed by atoms with Crippen molar-refractivity contribution in [2.24, 2.45) is 0 Å². The van der Waals surface area contributed by atoms with Crippen molar-refractivity contribution in [3.63, 3.8) is 0 Å². The average molecular weight is 393 g/mol. The molecule has 1 heterocycles. The number of benzene rings is 2. The quantitative estimate of drug-likeness (QED) is 0.782. The monoisotopic (exact) mass is 393 g/mol. The minimum absolute atomic E-state index is 0.127. The molecule has 1 atom stereocenters. The van der Waals surface area contributed by atoms with Gasteiger partial charge in [0.05, 0.1) is 18.6 Å². The second-order valence-corrected chi connectivity index (χ2v) is 7.72. The Morgan fingerprint density at radius 2 is 1.69 bits per heavy atom. The summed E-state index contributed by atoms with van der Waals surface area (Å²) in [6.45, 7) is 2.48. The third kappa shape index (κ3) is 3.70. The molecular weight excluding hydrogens is 369 g/mol. The summed E-state index contributed by atoms with van der Waals surface area (Å²) in [5.41, 5.74) is 1.35. The molecule has 4 rings (SSSR count). The number of carbonyl (C=O) groups is 1. The highest BCUT2D eigenvalue weighted by Gasteiger charge is 2.53. The van der Waals surface area contributed by atoms with Crippen molar-refractivity contribution < 1.29 is 13.9 Å². The highest BCUT2D eigenvalue weighted by molar-refractivity contribution is 5.91. The zero-order valence-electron chi connectivity index (χ0n) is 16.5. The van der Waals surface area contributed by atoms with Gasteiger partial charge < -0.3 is 9.64 Å². The Morgan fingerprint density at radius 1 is 1.07 bits per heavy atom. The van der Waals surface area contributed by atoms with Crippen LogP contribution in [0.1, 0.15) is 30.0 Å². The summed E-state index contributed by atoms with van der Waals surface area (Å²) < 4.78 is 18.4. The van der Waals surface area contributed by atoms with Gasteiger partial charge in [-0.15, -0.1) is 0 Å². The van der Waals surface area contributed by atoms with Crippen molar-refractivity contribution in [1.29, 1.82) is 5.26 Å². The Bertz CT molecular complexity index is 909. The molecule has 0 radical (unpaired) electrons. The number of nitrogens with zero attached hydrogens (tertiary/aromatic N) is 3. The molecule has 0 N–H and O–H groups in total. The lowest BCUT2D eigenvalue weighted by molar-refractivity contribution is -0.136. The predicted octanol–water partition coefficient (Wildman–Crippen LogP) is 3.27. The number of methoxy groups -OCH3 is 1. The van der Waals surface area contributed by atoms with Crippen LogP contribution in [0.5, 0.6) is 5.75 Å². The van der Waals surface area contributed by atoms with E-state index in [1.165, 1.54) is 12.1 Å². The van der Waals surface area contributed by atoms with Crippen molar-refractivity contribution in [2.45, 2.75) is 24.3 Å². The molecule has 2 fully saturated rings. The van der Waals surface area contributed by atoms with Gasteiger partial charge in [-0.25, -0.2) is 4.39 Å². The Balaban J connectivity index is 1.41. The number of halogens is 1. The molecule has 6 heteroatoms. The van der Waals surface area contributed by atoms with E-state index in [4.69, 9.17) is 4.74 Å². The SMILES string of the molecule is COc1ccc(C(C#N)N2CCN(C(=O)C3(c4ccc(F)cc4)CC3)CC2)cc1. The molecule has 29 heavy (non-hydrogen) atoms. The highest BCUT2D eigenvalue weighted by atomic mass is 19.1. The Labute approximate surface area is 170 Å². The van der Waals surface area contributed by atoms with E-state index in [2.05, 4.69) is 11.0 Å². The predicted molar refractivity (Wildman–Crippen MR) is 107 cm³/mol.